The van der Waals surface area contributed by atoms with Crippen molar-refractivity contribution in [2.24, 2.45) is 0 Å². The Morgan fingerprint density at radius 2 is 1.30 bits per heavy atom. The van der Waals surface area contributed by atoms with Gasteiger partial charge in [0.15, 0.2) is 6.29 Å². The van der Waals surface area contributed by atoms with E-state index < -0.39 is 74.6 Å². The number of anilines is 1. The van der Waals surface area contributed by atoms with Crippen LogP contribution in [-0.2, 0) is 14.2 Å². The number of benzene rings is 1. The van der Waals surface area contributed by atoms with Crippen LogP contribution in [-0.4, -0.2) is 110 Å². The van der Waals surface area contributed by atoms with E-state index in [1.807, 2.05) is 0 Å². The Morgan fingerprint density at radius 3 is 1.90 bits per heavy atom. The van der Waals surface area contributed by atoms with Gasteiger partial charge in [-0.3, -0.25) is 0 Å². The minimum Gasteiger partial charge on any atom is -0.462 e. The summed E-state index contributed by atoms with van der Waals surface area (Å²) in [6.07, 6.45) is -15.0. The van der Waals surface area contributed by atoms with Crippen LogP contribution in [0.5, 0.6) is 5.75 Å². The number of nitrogen functional groups attached to an aromatic ring is 1. The van der Waals surface area contributed by atoms with Crippen LogP contribution >= 0.6 is 0 Å². The van der Waals surface area contributed by atoms with Gasteiger partial charge in [-0.15, -0.1) is 0 Å². The lowest BCUT2D eigenvalue weighted by atomic mass is 9.97. The zero-order chi connectivity index (χ0) is 22.0. The zero-order valence-corrected chi connectivity index (χ0v) is 15.8. The average Bonchev–Trinajstić information content (AvgIpc) is 2.74. The lowest BCUT2D eigenvalue weighted by Crippen LogP contribution is -2.65. The highest BCUT2D eigenvalue weighted by molar-refractivity contribution is 5.41. The molecule has 0 unspecified atom stereocenters. The van der Waals surface area contributed by atoms with Crippen molar-refractivity contribution in [3.8, 4) is 5.75 Å². The standard InChI is InChI=1S/C18H27NO11/c19-7-1-3-8(4-2-7)27-17-15(26)13(24)16(10(6-21)29-17)30-18-14(25)12(23)11(22)9(5-20)28-18/h1-4,9-18,20-26H,5-6,19H2/t9-,10-,11-,12+,13-,14-,15-,16-,17-,18+/m1/s1. The predicted molar refractivity (Wildman–Crippen MR) is 97.9 cm³/mol. The van der Waals surface area contributed by atoms with Crippen molar-refractivity contribution in [2.45, 2.75) is 61.4 Å². The summed E-state index contributed by atoms with van der Waals surface area (Å²) >= 11 is 0. The summed E-state index contributed by atoms with van der Waals surface area (Å²) < 4.78 is 21.7. The van der Waals surface area contributed by atoms with E-state index in [-0.39, 0.29) is 0 Å². The molecule has 1 aromatic rings. The van der Waals surface area contributed by atoms with E-state index in [9.17, 15) is 35.7 Å². The van der Waals surface area contributed by atoms with E-state index in [1.54, 1.807) is 12.1 Å². The first-order chi connectivity index (χ1) is 14.3. The summed E-state index contributed by atoms with van der Waals surface area (Å²) in [6.45, 7) is -1.31. The van der Waals surface area contributed by atoms with Gasteiger partial charge in [-0.25, -0.2) is 0 Å². The van der Waals surface area contributed by atoms with Crippen LogP contribution in [0.2, 0.25) is 0 Å². The van der Waals surface area contributed by atoms with Crippen LogP contribution in [0.25, 0.3) is 0 Å². The van der Waals surface area contributed by atoms with Gasteiger partial charge in [0, 0.05) is 5.69 Å². The van der Waals surface area contributed by atoms with E-state index in [1.165, 1.54) is 12.1 Å². The zero-order valence-electron chi connectivity index (χ0n) is 15.8. The van der Waals surface area contributed by atoms with Crippen molar-refractivity contribution in [3.63, 3.8) is 0 Å². The Balaban J connectivity index is 1.71. The molecule has 0 aliphatic carbocycles. The smallest absolute Gasteiger partial charge is 0.229 e. The SMILES string of the molecule is Nc1ccc(O[C@@H]2O[C@H](CO)[C@@H](O[C@@H]3O[C@H](CO)[C@@H](O)[C@H](O)[C@H]3O)[C@H](O)[C@H]2O)cc1. The molecule has 2 aliphatic heterocycles. The first-order valence-electron chi connectivity index (χ1n) is 9.37. The van der Waals surface area contributed by atoms with Gasteiger partial charge in [0.05, 0.1) is 13.2 Å². The molecular weight excluding hydrogens is 406 g/mol. The van der Waals surface area contributed by atoms with E-state index >= 15 is 0 Å². The largest absolute Gasteiger partial charge is 0.462 e. The molecule has 10 atom stereocenters. The quantitative estimate of drug-likeness (QED) is 0.204. The predicted octanol–water partition coefficient (Wildman–Crippen LogP) is -3.73. The van der Waals surface area contributed by atoms with Crippen molar-refractivity contribution < 1.29 is 54.7 Å². The second-order valence-corrected chi connectivity index (χ2v) is 7.19. The molecule has 2 fully saturated rings. The van der Waals surface area contributed by atoms with Crippen molar-refractivity contribution in [3.05, 3.63) is 24.3 Å². The fourth-order valence-electron chi connectivity index (χ4n) is 3.33. The fraction of sp³-hybridized carbons (Fsp3) is 0.667. The molecule has 0 saturated carbocycles. The van der Waals surface area contributed by atoms with E-state index in [4.69, 9.17) is 24.7 Å². The summed E-state index contributed by atoms with van der Waals surface area (Å²) in [5.41, 5.74) is 6.10. The van der Waals surface area contributed by atoms with Gasteiger partial charge < -0.3 is 60.4 Å². The summed E-state index contributed by atoms with van der Waals surface area (Å²) in [4.78, 5) is 0. The normalized spacial score (nSPS) is 42.1. The Bertz CT molecular complexity index is 673. The minimum absolute atomic E-state index is 0.297. The van der Waals surface area contributed by atoms with Gasteiger partial charge >= 0.3 is 0 Å². The molecule has 2 saturated heterocycles. The topological polar surface area (TPSA) is 205 Å². The molecule has 2 heterocycles. The van der Waals surface area contributed by atoms with Crippen LogP contribution in [0.4, 0.5) is 5.69 Å². The highest BCUT2D eigenvalue weighted by Crippen LogP contribution is 2.30. The van der Waals surface area contributed by atoms with Crippen molar-refractivity contribution in [1.82, 2.24) is 0 Å². The van der Waals surface area contributed by atoms with Gasteiger partial charge in [0.2, 0.25) is 6.29 Å². The highest BCUT2D eigenvalue weighted by atomic mass is 16.7. The van der Waals surface area contributed by atoms with Gasteiger partial charge in [-0.05, 0) is 24.3 Å². The van der Waals surface area contributed by atoms with E-state index in [2.05, 4.69) is 0 Å². The fourth-order valence-corrected chi connectivity index (χ4v) is 3.33. The molecular formula is C18H27NO11. The third kappa shape index (κ3) is 4.68. The Hall–Kier alpha value is -1.58. The Morgan fingerprint density at radius 1 is 0.733 bits per heavy atom. The van der Waals surface area contributed by atoms with E-state index in [0.717, 1.165) is 0 Å². The lowest BCUT2D eigenvalue weighted by molar-refractivity contribution is -0.352. The van der Waals surface area contributed by atoms with Crippen LogP contribution in [0.3, 0.4) is 0 Å². The summed E-state index contributed by atoms with van der Waals surface area (Å²) in [5.74, 6) is 0.297. The molecule has 12 heteroatoms. The molecule has 9 N–H and O–H groups in total. The Labute approximate surface area is 171 Å². The molecule has 170 valence electrons. The van der Waals surface area contributed by atoms with Crippen LogP contribution in [0.15, 0.2) is 24.3 Å². The molecule has 0 bridgehead atoms. The first kappa shape index (κ1) is 23.1. The molecule has 30 heavy (non-hydrogen) atoms. The number of nitrogens with two attached hydrogens (primary N) is 1. The monoisotopic (exact) mass is 433 g/mol. The molecule has 0 aromatic heterocycles. The molecule has 2 aliphatic rings. The van der Waals surface area contributed by atoms with Gasteiger partial charge in [0.1, 0.15) is 54.6 Å². The summed E-state index contributed by atoms with van der Waals surface area (Å²) in [5, 5.41) is 69.7. The number of hydrogen-bond donors (Lipinski definition) is 8. The second kappa shape index (κ2) is 9.70. The number of hydrogen-bond acceptors (Lipinski definition) is 12. The van der Waals surface area contributed by atoms with Gasteiger partial charge in [-0.2, -0.15) is 0 Å². The maximum atomic E-state index is 10.5. The minimum atomic E-state index is -1.73. The number of ether oxygens (including phenoxy) is 4. The molecule has 3 rings (SSSR count). The third-order valence-corrected chi connectivity index (χ3v) is 5.09. The van der Waals surface area contributed by atoms with Crippen LogP contribution in [0, 0.1) is 0 Å². The Kier molecular flexibility index (Phi) is 7.47. The van der Waals surface area contributed by atoms with Crippen molar-refractivity contribution >= 4 is 5.69 Å². The third-order valence-electron chi connectivity index (χ3n) is 5.09. The maximum Gasteiger partial charge on any atom is 0.229 e. The lowest BCUT2D eigenvalue weighted by Gasteiger charge is -2.45. The van der Waals surface area contributed by atoms with Gasteiger partial charge in [-0.1, -0.05) is 0 Å². The second-order valence-electron chi connectivity index (χ2n) is 7.19. The van der Waals surface area contributed by atoms with E-state index in [0.29, 0.717) is 11.4 Å². The summed E-state index contributed by atoms with van der Waals surface area (Å²) in [6, 6.07) is 6.19. The summed E-state index contributed by atoms with van der Waals surface area (Å²) in [7, 11) is 0. The molecule has 1 aromatic carbocycles. The first-order valence-corrected chi connectivity index (χ1v) is 9.37. The van der Waals surface area contributed by atoms with Crippen LogP contribution < -0.4 is 10.5 Å². The molecule has 0 amide bonds. The van der Waals surface area contributed by atoms with Crippen LogP contribution in [0.1, 0.15) is 0 Å². The number of rotatable bonds is 6. The number of aliphatic hydroxyl groups excluding tert-OH is 7. The highest BCUT2D eigenvalue weighted by Gasteiger charge is 2.51. The molecule has 0 spiro atoms. The molecule has 12 nitrogen and oxygen atoms in total. The van der Waals surface area contributed by atoms with Crippen molar-refractivity contribution in [1.29, 1.82) is 0 Å². The maximum absolute atomic E-state index is 10.5. The molecule has 0 radical (unpaired) electrons. The van der Waals surface area contributed by atoms with Gasteiger partial charge in [0.25, 0.3) is 0 Å². The number of aliphatic hydroxyl groups is 7. The average molecular weight is 433 g/mol. The van der Waals surface area contributed by atoms with Crippen molar-refractivity contribution in [2.75, 3.05) is 18.9 Å².